The molecule has 0 aromatic heterocycles. The van der Waals surface area contributed by atoms with Crippen molar-refractivity contribution in [2.45, 2.75) is 26.4 Å². The summed E-state index contributed by atoms with van der Waals surface area (Å²) in [5.41, 5.74) is 1.92. The van der Waals surface area contributed by atoms with Gasteiger partial charge in [0.25, 0.3) is 0 Å². The summed E-state index contributed by atoms with van der Waals surface area (Å²) in [6.07, 6.45) is 0.338. The molecule has 2 heteroatoms. The highest BCUT2D eigenvalue weighted by Crippen LogP contribution is 2.25. The molecule has 0 aliphatic heterocycles. The first kappa shape index (κ1) is 9.56. The van der Waals surface area contributed by atoms with E-state index < -0.39 is 0 Å². The maximum atomic E-state index is 9.58. The van der Waals surface area contributed by atoms with E-state index >= 15 is 0 Å². The molecule has 0 saturated carbocycles. The summed E-state index contributed by atoms with van der Waals surface area (Å²) >= 11 is 5.90. The van der Waals surface area contributed by atoms with Gasteiger partial charge in [-0.3, -0.25) is 0 Å². The highest BCUT2D eigenvalue weighted by atomic mass is 35.5. The van der Waals surface area contributed by atoms with Crippen molar-refractivity contribution >= 4 is 11.6 Å². The molecule has 0 bridgehead atoms. The smallest absolute Gasteiger partial charge is 0.0790 e. The van der Waals surface area contributed by atoms with Gasteiger partial charge in [0.05, 0.1) is 6.10 Å². The second kappa shape index (κ2) is 3.92. The van der Waals surface area contributed by atoms with Crippen LogP contribution in [-0.2, 0) is 0 Å². The molecule has 0 amide bonds. The summed E-state index contributed by atoms with van der Waals surface area (Å²) in [5.74, 6) is 0. The maximum Gasteiger partial charge on any atom is 0.0790 e. The van der Waals surface area contributed by atoms with Crippen molar-refractivity contribution in [3.63, 3.8) is 0 Å². The van der Waals surface area contributed by atoms with Gasteiger partial charge >= 0.3 is 0 Å². The third-order valence-corrected chi connectivity index (χ3v) is 2.46. The van der Waals surface area contributed by atoms with Crippen molar-refractivity contribution in [3.8, 4) is 0 Å². The minimum absolute atomic E-state index is 0.385. The largest absolute Gasteiger partial charge is 0.388 e. The lowest BCUT2D eigenvalue weighted by molar-refractivity contribution is 0.173. The number of hydrogen-bond acceptors (Lipinski definition) is 1. The third-order valence-electron chi connectivity index (χ3n) is 2.06. The molecule has 12 heavy (non-hydrogen) atoms. The maximum absolute atomic E-state index is 9.58. The van der Waals surface area contributed by atoms with Crippen molar-refractivity contribution in [1.29, 1.82) is 0 Å². The Balaban J connectivity index is 3.07. The van der Waals surface area contributed by atoms with Crippen LogP contribution in [0.2, 0.25) is 5.02 Å². The lowest BCUT2D eigenvalue weighted by Crippen LogP contribution is -1.98. The molecule has 0 aliphatic carbocycles. The van der Waals surface area contributed by atoms with Crippen LogP contribution in [0.4, 0.5) is 0 Å². The van der Waals surface area contributed by atoms with E-state index in [1.165, 1.54) is 0 Å². The molecule has 0 saturated heterocycles. The Labute approximate surface area is 78.0 Å². The summed E-state index contributed by atoms with van der Waals surface area (Å²) in [5, 5.41) is 10.3. The molecule has 0 radical (unpaired) electrons. The summed E-state index contributed by atoms with van der Waals surface area (Å²) in [4.78, 5) is 0. The molecule has 0 fully saturated rings. The Morgan fingerprint density at radius 3 is 2.75 bits per heavy atom. The number of hydrogen-bond donors (Lipinski definition) is 1. The van der Waals surface area contributed by atoms with E-state index in [-0.39, 0.29) is 6.10 Å². The molecule has 1 aromatic carbocycles. The minimum atomic E-state index is -0.385. The van der Waals surface area contributed by atoms with Crippen LogP contribution < -0.4 is 0 Å². The van der Waals surface area contributed by atoms with Gasteiger partial charge in [-0.15, -0.1) is 0 Å². The molecule has 1 nitrogen and oxygen atoms in total. The van der Waals surface area contributed by atoms with Gasteiger partial charge < -0.3 is 5.11 Å². The van der Waals surface area contributed by atoms with Crippen LogP contribution in [0.3, 0.4) is 0 Å². The number of benzene rings is 1. The Morgan fingerprint density at radius 2 is 2.17 bits per heavy atom. The summed E-state index contributed by atoms with van der Waals surface area (Å²) in [6.45, 7) is 3.88. The van der Waals surface area contributed by atoms with Crippen molar-refractivity contribution in [2.24, 2.45) is 0 Å². The zero-order valence-electron chi connectivity index (χ0n) is 7.34. The Kier molecular flexibility index (Phi) is 3.12. The number of halogens is 1. The average Bonchev–Trinajstić information content (AvgIpc) is 2.08. The molecule has 0 unspecified atom stereocenters. The number of aliphatic hydroxyl groups excluding tert-OH is 1. The van der Waals surface area contributed by atoms with Crippen LogP contribution in [0.25, 0.3) is 0 Å². The molecule has 0 spiro atoms. The van der Waals surface area contributed by atoms with E-state index in [0.29, 0.717) is 0 Å². The third kappa shape index (κ3) is 1.79. The lowest BCUT2D eigenvalue weighted by Gasteiger charge is -2.11. The number of rotatable bonds is 2. The van der Waals surface area contributed by atoms with Crippen LogP contribution in [0.15, 0.2) is 18.2 Å². The predicted octanol–water partition coefficient (Wildman–Crippen LogP) is 3.09. The van der Waals surface area contributed by atoms with Crippen LogP contribution >= 0.6 is 11.6 Å². The van der Waals surface area contributed by atoms with Gasteiger partial charge in [0, 0.05) is 5.02 Å². The van der Waals surface area contributed by atoms with E-state index in [9.17, 15) is 5.11 Å². The monoisotopic (exact) mass is 184 g/mol. The molecular formula is C10H13ClO. The standard InChI is InChI=1S/C10H13ClO/c1-3-10(12)8-5-4-6-9(11)7(8)2/h4-6,10,12H,3H2,1-2H3/t10-/m0/s1. The molecule has 1 rings (SSSR count). The SMILES string of the molecule is CC[C@H](O)c1cccc(Cl)c1C. The summed E-state index contributed by atoms with van der Waals surface area (Å²) in [6, 6.07) is 5.61. The van der Waals surface area contributed by atoms with Crippen LogP contribution in [0, 0.1) is 6.92 Å². The lowest BCUT2D eigenvalue weighted by atomic mass is 10.0. The van der Waals surface area contributed by atoms with Gasteiger partial charge in [-0.2, -0.15) is 0 Å². The fourth-order valence-corrected chi connectivity index (χ4v) is 1.39. The van der Waals surface area contributed by atoms with Gasteiger partial charge in [0.15, 0.2) is 0 Å². The van der Waals surface area contributed by atoms with Crippen molar-refractivity contribution in [3.05, 3.63) is 34.3 Å². The highest BCUT2D eigenvalue weighted by Gasteiger charge is 2.08. The molecule has 1 atom stereocenters. The van der Waals surface area contributed by atoms with Gasteiger partial charge in [-0.25, -0.2) is 0 Å². The molecule has 1 N–H and O–H groups in total. The van der Waals surface area contributed by atoms with E-state index in [2.05, 4.69) is 0 Å². The zero-order chi connectivity index (χ0) is 9.14. The Bertz CT molecular complexity index is 271. The molecule has 66 valence electrons. The van der Waals surface area contributed by atoms with Gasteiger partial charge in [0.1, 0.15) is 0 Å². The van der Waals surface area contributed by atoms with E-state index in [4.69, 9.17) is 11.6 Å². The first-order valence-corrected chi connectivity index (χ1v) is 4.47. The molecule has 1 aromatic rings. The molecular weight excluding hydrogens is 172 g/mol. The Morgan fingerprint density at radius 1 is 1.50 bits per heavy atom. The van der Waals surface area contributed by atoms with Gasteiger partial charge in [-0.05, 0) is 30.5 Å². The Hall–Kier alpha value is -0.530. The fraction of sp³-hybridized carbons (Fsp3) is 0.400. The molecule has 0 aliphatic rings. The zero-order valence-corrected chi connectivity index (χ0v) is 8.10. The fourth-order valence-electron chi connectivity index (χ4n) is 1.21. The van der Waals surface area contributed by atoms with Gasteiger partial charge in [-0.1, -0.05) is 30.7 Å². The van der Waals surface area contributed by atoms with Crippen molar-refractivity contribution < 1.29 is 5.11 Å². The van der Waals surface area contributed by atoms with Crippen LogP contribution in [0.1, 0.15) is 30.6 Å². The predicted molar refractivity (Wildman–Crippen MR) is 51.4 cm³/mol. The van der Waals surface area contributed by atoms with E-state index in [0.717, 1.165) is 22.6 Å². The van der Waals surface area contributed by atoms with E-state index in [1.54, 1.807) is 0 Å². The number of aliphatic hydroxyl groups is 1. The first-order chi connectivity index (χ1) is 5.66. The quantitative estimate of drug-likeness (QED) is 0.749. The minimum Gasteiger partial charge on any atom is -0.388 e. The van der Waals surface area contributed by atoms with Crippen molar-refractivity contribution in [1.82, 2.24) is 0 Å². The van der Waals surface area contributed by atoms with Gasteiger partial charge in [0.2, 0.25) is 0 Å². The average molecular weight is 185 g/mol. The summed E-state index contributed by atoms with van der Waals surface area (Å²) in [7, 11) is 0. The van der Waals surface area contributed by atoms with Crippen LogP contribution in [0.5, 0.6) is 0 Å². The normalized spacial score (nSPS) is 13.0. The first-order valence-electron chi connectivity index (χ1n) is 4.10. The van der Waals surface area contributed by atoms with Crippen LogP contribution in [-0.4, -0.2) is 5.11 Å². The van der Waals surface area contributed by atoms with Crippen molar-refractivity contribution in [2.75, 3.05) is 0 Å². The second-order valence-electron chi connectivity index (χ2n) is 2.88. The summed E-state index contributed by atoms with van der Waals surface area (Å²) < 4.78 is 0. The van der Waals surface area contributed by atoms with E-state index in [1.807, 2.05) is 32.0 Å². The molecule has 0 heterocycles. The highest BCUT2D eigenvalue weighted by molar-refractivity contribution is 6.31. The topological polar surface area (TPSA) is 20.2 Å². The second-order valence-corrected chi connectivity index (χ2v) is 3.29.